The van der Waals surface area contributed by atoms with Crippen molar-refractivity contribution < 1.29 is 23.5 Å². The fourth-order valence-electron chi connectivity index (χ4n) is 3.58. The highest BCUT2D eigenvalue weighted by molar-refractivity contribution is 7.47. The lowest BCUT2D eigenvalue weighted by atomic mass is 10.0. The van der Waals surface area contributed by atoms with Crippen LogP contribution in [0.1, 0.15) is 143 Å². The van der Waals surface area contributed by atoms with Crippen LogP contribution in [0.5, 0.6) is 0 Å². The van der Waals surface area contributed by atoms with E-state index in [2.05, 4.69) is 11.6 Å². The van der Waals surface area contributed by atoms with Crippen LogP contribution in [0.2, 0.25) is 0 Å². The quantitative estimate of drug-likeness (QED) is 0.0688. The minimum Gasteiger partial charge on any atom is -0.301 e. The van der Waals surface area contributed by atoms with Gasteiger partial charge in [0.15, 0.2) is 0 Å². The topological polar surface area (TPSA) is 65.0 Å². The van der Waals surface area contributed by atoms with Crippen molar-refractivity contribution in [2.75, 3.05) is 6.61 Å². The van der Waals surface area contributed by atoms with E-state index in [0.29, 0.717) is 6.42 Å². The summed E-state index contributed by atoms with van der Waals surface area (Å²) in [5.41, 5.74) is 0. The molecule has 5 nitrogen and oxygen atoms in total. The molecule has 0 bridgehead atoms. The molecule has 2 atom stereocenters. The molecule has 1 N–H and O–H groups in total. The number of phosphoric acid groups is 1. The number of rotatable bonds is 24. The van der Waals surface area contributed by atoms with E-state index in [0.717, 1.165) is 19.3 Å². The Morgan fingerprint density at radius 1 is 0.667 bits per heavy atom. The second kappa shape index (κ2) is 22.3. The van der Waals surface area contributed by atoms with E-state index in [1.54, 1.807) is 0 Å². The maximum atomic E-state index is 11.6. The maximum Gasteiger partial charge on any atom is 0.499 e. The zero-order chi connectivity index (χ0) is 22.3. The van der Waals surface area contributed by atoms with E-state index in [4.69, 9.17) is 9.41 Å². The molecule has 0 aromatic rings. The van der Waals surface area contributed by atoms with Crippen molar-refractivity contribution in [2.45, 2.75) is 149 Å². The zero-order valence-corrected chi connectivity index (χ0v) is 21.1. The van der Waals surface area contributed by atoms with Gasteiger partial charge in [0.1, 0.15) is 0 Å². The van der Waals surface area contributed by atoms with Crippen LogP contribution in [0, 0.1) is 0 Å². The maximum absolute atomic E-state index is 11.6. The lowest BCUT2D eigenvalue weighted by Gasteiger charge is -2.16. The van der Waals surface area contributed by atoms with Crippen molar-refractivity contribution in [3.63, 3.8) is 0 Å². The third-order valence-corrected chi connectivity index (χ3v) is 6.35. The average molecular weight is 451 g/mol. The molecule has 0 saturated carbocycles. The lowest BCUT2D eigenvalue weighted by molar-refractivity contribution is -0.261. The molecule has 0 aliphatic rings. The molecule has 182 valence electrons. The zero-order valence-electron chi connectivity index (χ0n) is 20.2. The van der Waals surface area contributed by atoms with Gasteiger partial charge in [0.05, 0.1) is 12.7 Å². The normalized spacial score (nSPS) is 14.7. The van der Waals surface area contributed by atoms with Crippen molar-refractivity contribution in [1.82, 2.24) is 0 Å². The third kappa shape index (κ3) is 21.3. The summed E-state index contributed by atoms with van der Waals surface area (Å²) in [6.07, 6.45) is 23.7. The van der Waals surface area contributed by atoms with Crippen molar-refractivity contribution in [3.8, 4) is 0 Å². The summed E-state index contributed by atoms with van der Waals surface area (Å²) in [5.74, 6) is 0. The Balaban J connectivity index is 3.40. The van der Waals surface area contributed by atoms with Crippen molar-refractivity contribution in [1.29, 1.82) is 0 Å². The first-order valence-corrected chi connectivity index (χ1v) is 14.4. The standard InChI is InChI=1S/C24H51O5P/c1-4-7-8-9-10-11-12-13-14-15-16-17-18-19-20-21-22-24(6-3)28-29-30(25,26)27-23-5-2/h24H,4-23H2,1-3H3,(H,25,26). The molecule has 0 saturated heterocycles. The fraction of sp³-hybridized carbons (Fsp3) is 1.00. The van der Waals surface area contributed by atoms with Gasteiger partial charge in [0.2, 0.25) is 0 Å². The summed E-state index contributed by atoms with van der Waals surface area (Å²) in [7, 11) is -4.07. The lowest BCUT2D eigenvalue weighted by Crippen LogP contribution is -2.12. The van der Waals surface area contributed by atoms with Crippen molar-refractivity contribution in [3.05, 3.63) is 0 Å². The second-order valence-electron chi connectivity index (χ2n) is 8.59. The Morgan fingerprint density at radius 2 is 1.10 bits per heavy atom. The predicted molar refractivity (Wildman–Crippen MR) is 126 cm³/mol. The Kier molecular flexibility index (Phi) is 22.3. The first kappa shape index (κ1) is 30.1. The molecule has 2 unspecified atom stereocenters. The van der Waals surface area contributed by atoms with Crippen LogP contribution in [-0.2, 0) is 18.7 Å². The molecule has 0 aromatic heterocycles. The highest BCUT2D eigenvalue weighted by Gasteiger charge is 2.24. The van der Waals surface area contributed by atoms with Gasteiger partial charge in [-0.15, -0.1) is 4.67 Å². The molecule has 0 amide bonds. The molecule has 0 aliphatic carbocycles. The van der Waals surface area contributed by atoms with Crippen LogP contribution in [-0.4, -0.2) is 17.6 Å². The smallest absolute Gasteiger partial charge is 0.301 e. The van der Waals surface area contributed by atoms with Gasteiger partial charge >= 0.3 is 7.82 Å². The summed E-state index contributed by atoms with van der Waals surface area (Å²) < 4.78 is 21.0. The molecule has 0 rings (SSSR count). The van der Waals surface area contributed by atoms with Crippen LogP contribution in [0.15, 0.2) is 0 Å². The molecule has 0 fully saturated rings. The van der Waals surface area contributed by atoms with Crippen LogP contribution in [0.3, 0.4) is 0 Å². The largest absolute Gasteiger partial charge is 0.499 e. The average Bonchev–Trinajstić information content (AvgIpc) is 2.74. The Labute approximate surface area is 187 Å². The molecule has 6 heteroatoms. The second-order valence-corrected chi connectivity index (χ2v) is 9.94. The molecule has 30 heavy (non-hydrogen) atoms. The van der Waals surface area contributed by atoms with Crippen LogP contribution < -0.4 is 0 Å². The minimum atomic E-state index is -4.07. The van der Waals surface area contributed by atoms with Crippen molar-refractivity contribution in [2.24, 2.45) is 0 Å². The monoisotopic (exact) mass is 450 g/mol. The van der Waals surface area contributed by atoms with E-state index < -0.39 is 7.82 Å². The van der Waals surface area contributed by atoms with Crippen LogP contribution >= 0.6 is 7.82 Å². The Morgan fingerprint density at radius 3 is 1.50 bits per heavy atom. The Hall–Kier alpha value is 0.0700. The highest BCUT2D eigenvalue weighted by atomic mass is 31.2. The number of hydrogen-bond acceptors (Lipinski definition) is 4. The summed E-state index contributed by atoms with van der Waals surface area (Å²) in [4.78, 5) is 14.6. The van der Waals surface area contributed by atoms with Gasteiger partial charge in [-0.3, -0.25) is 4.52 Å². The van der Waals surface area contributed by atoms with Gasteiger partial charge in [0, 0.05) is 0 Å². The van der Waals surface area contributed by atoms with Gasteiger partial charge in [-0.25, -0.2) is 9.45 Å². The molecular formula is C24H51O5P. The van der Waals surface area contributed by atoms with E-state index >= 15 is 0 Å². The van der Waals surface area contributed by atoms with Crippen LogP contribution in [0.4, 0.5) is 0 Å². The van der Waals surface area contributed by atoms with E-state index in [9.17, 15) is 9.46 Å². The number of unbranched alkanes of at least 4 members (excludes halogenated alkanes) is 15. The third-order valence-electron chi connectivity index (χ3n) is 5.57. The van der Waals surface area contributed by atoms with E-state index in [1.165, 1.54) is 96.3 Å². The van der Waals surface area contributed by atoms with Gasteiger partial charge in [0.25, 0.3) is 0 Å². The van der Waals surface area contributed by atoms with E-state index in [-0.39, 0.29) is 12.7 Å². The van der Waals surface area contributed by atoms with Crippen LogP contribution in [0.25, 0.3) is 0 Å². The summed E-state index contributed by atoms with van der Waals surface area (Å²) in [6, 6.07) is 0. The van der Waals surface area contributed by atoms with E-state index in [1.807, 2.05) is 13.8 Å². The highest BCUT2D eigenvalue weighted by Crippen LogP contribution is 2.44. The molecule has 0 aliphatic heterocycles. The molecule has 0 heterocycles. The van der Waals surface area contributed by atoms with Gasteiger partial charge in [-0.05, 0) is 19.3 Å². The summed E-state index contributed by atoms with van der Waals surface area (Å²) in [6.45, 7) is 6.33. The first-order valence-electron chi connectivity index (χ1n) is 12.9. The minimum absolute atomic E-state index is 0.151. The summed E-state index contributed by atoms with van der Waals surface area (Å²) >= 11 is 0. The summed E-state index contributed by atoms with van der Waals surface area (Å²) in [5, 5.41) is 0. The number of phosphoric ester groups is 1. The van der Waals surface area contributed by atoms with Gasteiger partial charge < -0.3 is 4.89 Å². The fourth-order valence-corrected chi connectivity index (χ4v) is 4.27. The molecule has 0 aromatic carbocycles. The predicted octanol–water partition coefficient (Wildman–Crippen LogP) is 8.89. The van der Waals surface area contributed by atoms with Crippen molar-refractivity contribution >= 4 is 7.82 Å². The SMILES string of the molecule is CCCCCCCCCCCCCCCCCCC(CC)OOP(=O)(O)OCCC. The van der Waals surface area contributed by atoms with Gasteiger partial charge in [-0.2, -0.15) is 0 Å². The molecule has 0 spiro atoms. The molecule has 0 radical (unpaired) electrons. The van der Waals surface area contributed by atoms with Gasteiger partial charge in [-0.1, -0.05) is 124 Å². The number of hydrogen-bond donors (Lipinski definition) is 1. The molecular weight excluding hydrogens is 399 g/mol. The Bertz CT molecular complexity index is 392. The first-order chi connectivity index (χ1) is 14.6.